The fraction of sp³-hybridized carbons (Fsp3) is 0.667. The molecule has 8 heteroatoms. The minimum atomic E-state index is -0.193. The number of piperidine rings is 1. The summed E-state index contributed by atoms with van der Waals surface area (Å²) in [6, 6.07) is 6.64. The van der Waals surface area contributed by atoms with Gasteiger partial charge in [0.1, 0.15) is 5.82 Å². The van der Waals surface area contributed by atoms with Crippen LogP contribution in [0.5, 0.6) is 0 Å². The van der Waals surface area contributed by atoms with Gasteiger partial charge in [0.15, 0.2) is 5.96 Å². The van der Waals surface area contributed by atoms with Crippen molar-refractivity contribution in [2.75, 3.05) is 45.6 Å². The number of benzene rings is 1. The van der Waals surface area contributed by atoms with Crippen molar-refractivity contribution in [3.63, 3.8) is 0 Å². The third-order valence-electron chi connectivity index (χ3n) is 5.21. The number of aliphatic imine (C=N–C) groups is 1. The lowest BCUT2D eigenvalue weighted by molar-refractivity contribution is -0.0721. The van der Waals surface area contributed by atoms with Gasteiger partial charge in [0.25, 0.3) is 0 Å². The van der Waals surface area contributed by atoms with Gasteiger partial charge in [0, 0.05) is 43.9 Å². The third-order valence-corrected chi connectivity index (χ3v) is 6.23. The van der Waals surface area contributed by atoms with Crippen LogP contribution in [-0.2, 0) is 9.47 Å². The Morgan fingerprint density at radius 3 is 2.66 bits per heavy atom. The van der Waals surface area contributed by atoms with Crippen LogP contribution in [0.4, 0.5) is 4.39 Å². The van der Waals surface area contributed by atoms with E-state index in [-0.39, 0.29) is 29.8 Å². The van der Waals surface area contributed by atoms with E-state index in [1.54, 1.807) is 11.8 Å². The number of ether oxygens (including phenoxy) is 2. The van der Waals surface area contributed by atoms with Gasteiger partial charge in [-0.15, -0.1) is 35.7 Å². The average molecular weight is 537 g/mol. The molecule has 1 unspecified atom stereocenters. The predicted octanol–water partition coefficient (Wildman–Crippen LogP) is 4.16. The van der Waals surface area contributed by atoms with Gasteiger partial charge >= 0.3 is 0 Å². The van der Waals surface area contributed by atoms with E-state index in [1.165, 1.54) is 25.0 Å². The first-order chi connectivity index (χ1) is 13.7. The van der Waals surface area contributed by atoms with Crippen molar-refractivity contribution in [3.05, 3.63) is 30.1 Å². The number of nitrogens with one attached hydrogen (secondary N) is 1. The normalized spacial score (nSPS) is 21.0. The number of rotatable bonds is 7. The molecule has 1 aromatic rings. The summed E-state index contributed by atoms with van der Waals surface area (Å²) in [5, 5.41) is 3.44. The van der Waals surface area contributed by atoms with Crippen LogP contribution < -0.4 is 5.32 Å². The topological polar surface area (TPSA) is 46.1 Å². The molecule has 1 N–H and O–H groups in total. The molecule has 0 radical (unpaired) electrons. The standard InChI is InChI=1S/C21H32FN3O2S.HI/c1-23-21(24-11-15-28-20-7-5-17(22)6-8-20)25-12-9-18(10-13-25)27-16-19-4-2-3-14-26-19;/h5-8,18-19H,2-4,9-16H2,1H3,(H,23,24);1H. The average Bonchev–Trinajstić information content (AvgIpc) is 2.75. The molecule has 1 aromatic carbocycles. The number of halogens is 2. The van der Waals surface area contributed by atoms with Gasteiger partial charge in [-0.2, -0.15) is 0 Å². The summed E-state index contributed by atoms with van der Waals surface area (Å²) < 4.78 is 24.8. The second-order valence-corrected chi connectivity index (χ2v) is 8.45. The summed E-state index contributed by atoms with van der Waals surface area (Å²) in [4.78, 5) is 7.81. The molecule has 29 heavy (non-hydrogen) atoms. The van der Waals surface area contributed by atoms with Crippen LogP contribution >= 0.6 is 35.7 Å². The quantitative estimate of drug-likeness (QED) is 0.186. The summed E-state index contributed by atoms with van der Waals surface area (Å²) >= 11 is 1.71. The number of hydrogen-bond acceptors (Lipinski definition) is 4. The molecule has 2 aliphatic heterocycles. The van der Waals surface area contributed by atoms with Crippen LogP contribution in [0, 0.1) is 5.82 Å². The summed E-state index contributed by atoms with van der Waals surface area (Å²) in [6.07, 6.45) is 6.24. The summed E-state index contributed by atoms with van der Waals surface area (Å²) in [7, 11) is 1.83. The van der Waals surface area contributed by atoms with Crippen LogP contribution in [0.25, 0.3) is 0 Å². The van der Waals surface area contributed by atoms with Gasteiger partial charge in [-0.25, -0.2) is 4.39 Å². The lowest BCUT2D eigenvalue weighted by Crippen LogP contribution is -2.47. The third kappa shape index (κ3) is 8.59. The molecule has 2 heterocycles. The maximum atomic E-state index is 12.9. The Labute approximate surface area is 195 Å². The molecule has 5 nitrogen and oxygen atoms in total. The molecule has 0 aromatic heterocycles. The van der Waals surface area contributed by atoms with Crippen LogP contribution in [0.3, 0.4) is 0 Å². The summed E-state index contributed by atoms with van der Waals surface area (Å²) in [5.74, 6) is 1.67. The van der Waals surface area contributed by atoms with Crippen molar-refractivity contribution in [2.24, 2.45) is 4.99 Å². The lowest BCUT2D eigenvalue weighted by atomic mass is 10.1. The Morgan fingerprint density at radius 2 is 2.00 bits per heavy atom. The second kappa shape index (κ2) is 13.7. The summed E-state index contributed by atoms with van der Waals surface area (Å²) in [6.45, 7) is 4.36. The first-order valence-corrected chi connectivity index (χ1v) is 11.3. The highest BCUT2D eigenvalue weighted by molar-refractivity contribution is 14.0. The predicted molar refractivity (Wildman–Crippen MR) is 128 cm³/mol. The Balaban J connectivity index is 0.00000300. The fourth-order valence-corrected chi connectivity index (χ4v) is 4.38. The van der Waals surface area contributed by atoms with Crippen molar-refractivity contribution in [3.8, 4) is 0 Å². The van der Waals surface area contributed by atoms with Crippen LogP contribution in [0.15, 0.2) is 34.2 Å². The van der Waals surface area contributed by atoms with Gasteiger partial charge in [-0.1, -0.05) is 0 Å². The van der Waals surface area contributed by atoms with Crippen molar-refractivity contribution in [1.82, 2.24) is 10.2 Å². The minimum absolute atomic E-state index is 0. The second-order valence-electron chi connectivity index (χ2n) is 7.28. The Bertz CT molecular complexity index is 606. The van der Waals surface area contributed by atoms with E-state index in [0.29, 0.717) is 12.2 Å². The van der Waals surface area contributed by atoms with Gasteiger partial charge < -0.3 is 19.7 Å². The van der Waals surface area contributed by atoms with Crippen LogP contribution in [-0.4, -0.2) is 68.7 Å². The highest BCUT2D eigenvalue weighted by Crippen LogP contribution is 2.19. The Hall–Kier alpha value is -0.580. The van der Waals surface area contributed by atoms with E-state index < -0.39 is 0 Å². The molecule has 0 amide bonds. The van der Waals surface area contributed by atoms with Gasteiger partial charge in [0.2, 0.25) is 0 Å². The Morgan fingerprint density at radius 1 is 1.24 bits per heavy atom. The number of thioether (sulfide) groups is 1. The zero-order valence-corrected chi connectivity index (χ0v) is 20.3. The van der Waals surface area contributed by atoms with Crippen LogP contribution in [0.2, 0.25) is 0 Å². The van der Waals surface area contributed by atoms with Gasteiger partial charge in [-0.3, -0.25) is 4.99 Å². The van der Waals surface area contributed by atoms with Crippen molar-refractivity contribution in [2.45, 2.75) is 49.2 Å². The first kappa shape index (κ1) is 24.7. The van der Waals surface area contributed by atoms with E-state index in [4.69, 9.17) is 9.47 Å². The van der Waals surface area contributed by atoms with Crippen LogP contribution in [0.1, 0.15) is 32.1 Å². The number of hydrogen-bond donors (Lipinski definition) is 1. The van der Waals surface area contributed by atoms with Crippen molar-refractivity contribution in [1.29, 1.82) is 0 Å². The maximum Gasteiger partial charge on any atom is 0.193 e. The molecule has 164 valence electrons. The molecule has 0 saturated carbocycles. The number of nitrogens with zero attached hydrogens (tertiary/aromatic N) is 2. The zero-order valence-electron chi connectivity index (χ0n) is 17.1. The fourth-order valence-electron chi connectivity index (χ4n) is 3.61. The first-order valence-electron chi connectivity index (χ1n) is 10.3. The molecule has 0 spiro atoms. The monoisotopic (exact) mass is 537 g/mol. The van der Waals surface area contributed by atoms with Crippen molar-refractivity contribution < 1.29 is 13.9 Å². The zero-order chi connectivity index (χ0) is 19.6. The molecule has 1 atom stereocenters. The molecule has 2 fully saturated rings. The smallest absolute Gasteiger partial charge is 0.193 e. The molecule has 2 aliphatic rings. The van der Waals surface area contributed by atoms with Gasteiger partial charge in [0.05, 0.1) is 18.8 Å². The van der Waals surface area contributed by atoms with E-state index in [2.05, 4.69) is 15.2 Å². The molecule has 0 bridgehead atoms. The number of guanidine groups is 1. The van der Waals surface area contributed by atoms with E-state index >= 15 is 0 Å². The number of likely N-dealkylation sites (tertiary alicyclic amines) is 1. The highest BCUT2D eigenvalue weighted by atomic mass is 127. The molecule has 0 aliphatic carbocycles. The molecular formula is C21H33FIN3O2S. The Kier molecular flexibility index (Phi) is 11.6. The maximum absolute atomic E-state index is 12.9. The summed E-state index contributed by atoms with van der Waals surface area (Å²) in [5.41, 5.74) is 0. The minimum Gasteiger partial charge on any atom is -0.376 e. The van der Waals surface area contributed by atoms with Crippen molar-refractivity contribution >= 4 is 41.7 Å². The molecule has 3 rings (SSSR count). The largest absolute Gasteiger partial charge is 0.376 e. The SMILES string of the molecule is CN=C(NCCSc1ccc(F)cc1)N1CCC(OCC2CCCCO2)CC1.I. The van der Waals surface area contributed by atoms with Gasteiger partial charge in [-0.05, 0) is 56.4 Å². The molecular weight excluding hydrogens is 504 g/mol. The van der Waals surface area contributed by atoms with E-state index in [9.17, 15) is 4.39 Å². The molecule has 2 saturated heterocycles. The highest BCUT2D eigenvalue weighted by Gasteiger charge is 2.23. The lowest BCUT2D eigenvalue weighted by Gasteiger charge is -2.35. The van der Waals surface area contributed by atoms with E-state index in [0.717, 1.165) is 68.7 Å². The van der Waals surface area contributed by atoms with E-state index in [1.807, 2.05) is 19.2 Å².